The highest BCUT2D eigenvalue weighted by Gasteiger charge is 2.22. The average Bonchev–Trinajstić information content (AvgIpc) is 1.85. The van der Waals surface area contributed by atoms with Crippen molar-refractivity contribution in [1.29, 1.82) is 0 Å². The van der Waals surface area contributed by atoms with E-state index >= 15 is 0 Å². The molecule has 0 heterocycles. The summed E-state index contributed by atoms with van der Waals surface area (Å²) >= 11 is 0. The molecule has 2 unspecified atom stereocenters. The third-order valence-electron chi connectivity index (χ3n) is 2.46. The second-order valence-electron chi connectivity index (χ2n) is 4.56. The number of terminal acetylenes is 1. The minimum atomic E-state index is -0.329. The van der Waals surface area contributed by atoms with Crippen LogP contribution in [0.15, 0.2) is 0 Å². The lowest BCUT2D eigenvalue weighted by molar-refractivity contribution is 0.114. The molecule has 0 aromatic carbocycles. The Hall–Kier alpha value is -0.480. The van der Waals surface area contributed by atoms with Gasteiger partial charge < -0.3 is 5.11 Å². The van der Waals surface area contributed by atoms with Crippen molar-refractivity contribution in [3.8, 4) is 12.3 Å². The zero-order chi connectivity index (χ0) is 9.78. The summed E-state index contributed by atoms with van der Waals surface area (Å²) in [5.74, 6) is 2.98. The maximum atomic E-state index is 9.44. The number of rotatable bonds is 3. The Morgan fingerprint density at radius 3 is 2.25 bits per heavy atom. The first-order valence-corrected chi connectivity index (χ1v) is 4.49. The van der Waals surface area contributed by atoms with E-state index in [1.54, 1.807) is 0 Å². The number of hydrogen-bond acceptors (Lipinski definition) is 1. The fourth-order valence-corrected chi connectivity index (χ4v) is 0.981. The maximum absolute atomic E-state index is 9.44. The number of aliphatic hydroxyl groups excluding tert-OH is 1. The van der Waals surface area contributed by atoms with Gasteiger partial charge in [-0.15, -0.1) is 12.3 Å². The van der Waals surface area contributed by atoms with E-state index in [4.69, 9.17) is 6.42 Å². The van der Waals surface area contributed by atoms with E-state index in [2.05, 4.69) is 33.6 Å². The van der Waals surface area contributed by atoms with Gasteiger partial charge >= 0.3 is 0 Å². The zero-order valence-corrected chi connectivity index (χ0v) is 8.59. The minimum absolute atomic E-state index is 0.260. The molecule has 0 radical (unpaired) electrons. The molecule has 1 N–H and O–H groups in total. The highest BCUT2D eigenvalue weighted by molar-refractivity contribution is 4.88. The van der Waals surface area contributed by atoms with E-state index in [1.165, 1.54) is 0 Å². The first-order chi connectivity index (χ1) is 5.38. The number of aliphatic hydroxyl groups is 1. The van der Waals surface area contributed by atoms with Crippen LogP contribution in [0.5, 0.6) is 0 Å². The van der Waals surface area contributed by atoms with Crippen LogP contribution in [-0.4, -0.2) is 11.2 Å². The molecule has 12 heavy (non-hydrogen) atoms. The maximum Gasteiger partial charge on any atom is 0.0652 e. The van der Waals surface area contributed by atoms with Gasteiger partial charge in [0.2, 0.25) is 0 Å². The van der Waals surface area contributed by atoms with Gasteiger partial charge in [-0.1, -0.05) is 27.7 Å². The summed E-state index contributed by atoms with van der Waals surface area (Å²) in [5.41, 5.74) is 0.260. The van der Waals surface area contributed by atoms with Crippen LogP contribution in [0.3, 0.4) is 0 Å². The van der Waals surface area contributed by atoms with Gasteiger partial charge in [0.1, 0.15) is 0 Å². The van der Waals surface area contributed by atoms with Gasteiger partial charge in [0.15, 0.2) is 0 Å². The summed E-state index contributed by atoms with van der Waals surface area (Å²) in [6.45, 7) is 8.69. The second-order valence-corrected chi connectivity index (χ2v) is 4.56. The monoisotopic (exact) mass is 168 g/mol. The lowest BCUT2D eigenvalue weighted by Crippen LogP contribution is -2.22. The Balaban J connectivity index is 3.86. The van der Waals surface area contributed by atoms with Crippen molar-refractivity contribution in [3.05, 3.63) is 0 Å². The molecule has 0 saturated heterocycles. The molecule has 0 rings (SSSR count). The second kappa shape index (κ2) is 4.52. The fraction of sp³-hybridized carbons (Fsp3) is 0.818. The summed E-state index contributed by atoms with van der Waals surface area (Å²) in [4.78, 5) is 0. The van der Waals surface area contributed by atoms with Crippen molar-refractivity contribution in [2.75, 3.05) is 0 Å². The van der Waals surface area contributed by atoms with Gasteiger partial charge in [-0.05, 0) is 17.8 Å². The van der Waals surface area contributed by atoms with Gasteiger partial charge in [0.05, 0.1) is 6.10 Å². The SMILES string of the molecule is C#CCC(O)CC(C)C(C)(C)C. The van der Waals surface area contributed by atoms with Crippen LogP contribution >= 0.6 is 0 Å². The van der Waals surface area contributed by atoms with Crippen LogP contribution in [0, 0.1) is 23.7 Å². The van der Waals surface area contributed by atoms with Crippen molar-refractivity contribution < 1.29 is 5.11 Å². The molecule has 2 atom stereocenters. The minimum Gasteiger partial charge on any atom is -0.392 e. The Bertz CT molecular complexity index is 159. The molecular weight excluding hydrogens is 148 g/mol. The van der Waals surface area contributed by atoms with Crippen LogP contribution in [0.25, 0.3) is 0 Å². The smallest absolute Gasteiger partial charge is 0.0652 e. The van der Waals surface area contributed by atoms with Crippen molar-refractivity contribution in [2.24, 2.45) is 11.3 Å². The van der Waals surface area contributed by atoms with E-state index in [0.29, 0.717) is 12.3 Å². The topological polar surface area (TPSA) is 20.2 Å². The molecule has 0 bridgehead atoms. The van der Waals surface area contributed by atoms with Gasteiger partial charge in [-0.25, -0.2) is 0 Å². The van der Waals surface area contributed by atoms with Crippen LogP contribution in [0.1, 0.15) is 40.5 Å². The van der Waals surface area contributed by atoms with E-state index in [1.807, 2.05) is 0 Å². The predicted molar refractivity (Wildman–Crippen MR) is 52.7 cm³/mol. The summed E-state index contributed by atoms with van der Waals surface area (Å²) < 4.78 is 0. The molecule has 1 heteroatoms. The van der Waals surface area contributed by atoms with E-state index in [0.717, 1.165) is 6.42 Å². The largest absolute Gasteiger partial charge is 0.392 e. The Morgan fingerprint density at radius 1 is 1.42 bits per heavy atom. The first kappa shape index (κ1) is 11.5. The van der Waals surface area contributed by atoms with Crippen LogP contribution in [0.4, 0.5) is 0 Å². The van der Waals surface area contributed by atoms with E-state index in [9.17, 15) is 5.11 Å². The molecule has 0 fully saturated rings. The third-order valence-corrected chi connectivity index (χ3v) is 2.46. The summed E-state index contributed by atoms with van der Waals surface area (Å²) in [6, 6.07) is 0. The summed E-state index contributed by atoms with van der Waals surface area (Å²) in [7, 11) is 0. The Labute approximate surface area is 76.2 Å². The molecular formula is C11H20O. The third kappa shape index (κ3) is 4.41. The molecule has 0 saturated carbocycles. The van der Waals surface area contributed by atoms with Crippen molar-refractivity contribution in [1.82, 2.24) is 0 Å². The molecule has 0 aliphatic carbocycles. The van der Waals surface area contributed by atoms with Gasteiger partial charge in [0.25, 0.3) is 0 Å². The van der Waals surface area contributed by atoms with Gasteiger partial charge in [-0.2, -0.15) is 0 Å². The van der Waals surface area contributed by atoms with Crippen molar-refractivity contribution in [3.63, 3.8) is 0 Å². The normalized spacial score (nSPS) is 16.7. The Kier molecular flexibility index (Phi) is 4.34. The van der Waals surface area contributed by atoms with Crippen LogP contribution in [0.2, 0.25) is 0 Å². The van der Waals surface area contributed by atoms with Crippen molar-refractivity contribution >= 4 is 0 Å². The number of hydrogen-bond donors (Lipinski definition) is 1. The Morgan fingerprint density at radius 2 is 1.92 bits per heavy atom. The molecule has 0 aromatic heterocycles. The van der Waals surface area contributed by atoms with Gasteiger partial charge in [0, 0.05) is 6.42 Å². The molecule has 0 aliphatic heterocycles. The predicted octanol–water partition coefficient (Wildman–Crippen LogP) is 2.44. The lowest BCUT2D eigenvalue weighted by Gasteiger charge is -2.28. The highest BCUT2D eigenvalue weighted by Crippen LogP contribution is 2.29. The molecule has 70 valence electrons. The molecule has 0 aromatic rings. The van der Waals surface area contributed by atoms with E-state index < -0.39 is 0 Å². The molecule has 0 aliphatic rings. The molecule has 1 nitrogen and oxygen atoms in total. The standard InChI is InChI=1S/C11H20O/c1-6-7-10(12)8-9(2)11(3,4)5/h1,9-10,12H,7-8H2,2-5H3. The van der Waals surface area contributed by atoms with Gasteiger partial charge in [-0.3, -0.25) is 0 Å². The van der Waals surface area contributed by atoms with Crippen LogP contribution in [-0.2, 0) is 0 Å². The van der Waals surface area contributed by atoms with E-state index in [-0.39, 0.29) is 11.5 Å². The summed E-state index contributed by atoms with van der Waals surface area (Å²) in [5, 5.41) is 9.44. The zero-order valence-electron chi connectivity index (χ0n) is 8.59. The summed E-state index contributed by atoms with van der Waals surface area (Å²) in [6.07, 6.45) is 6.05. The highest BCUT2D eigenvalue weighted by atomic mass is 16.3. The lowest BCUT2D eigenvalue weighted by atomic mass is 9.79. The van der Waals surface area contributed by atoms with Crippen LogP contribution < -0.4 is 0 Å². The molecule has 0 amide bonds. The fourth-order valence-electron chi connectivity index (χ4n) is 0.981. The molecule has 0 spiro atoms. The first-order valence-electron chi connectivity index (χ1n) is 4.49. The average molecular weight is 168 g/mol. The quantitative estimate of drug-likeness (QED) is 0.642. The van der Waals surface area contributed by atoms with Crippen molar-refractivity contribution in [2.45, 2.75) is 46.6 Å².